The van der Waals surface area contributed by atoms with E-state index in [2.05, 4.69) is 10.6 Å². The molecule has 0 aromatic carbocycles. The molecule has 0 atom stereocenters. The summed E-state index contributed by atoms with van der Waals surface area (Å²) in [4.78, 5) is 0. The molecular weight excluding hydrogens is 306 g/mol. The van der Waals surface area contributed by atoms with Gasteiger partial charge in [0.05, 0.1) is 0 Å². The van der Waals surface area contributed by atoms with E-state index in [0.29, 0.717) is 0 Å². The first-order valence-corrected chi connectivity index (χ1v) is 11.5. The van der Waals surface area contributed by atoms with Crippen molar-refractivity contribution in [2.75, 3.05) is 32.7 Å². The van der Waals surface area contributed by atoms with Crippen molar-refractivity contribution in [2.24, 2.45) is 11.7 Å². The van der Waals surface area contributed by atoms with Crippen molar-refractivity contribution in [3.05, 3.63) is 0 Å². The second-order valence-corrected chi connectivity index (χ2v) is 8.14. The van der Waals surface area contributed by atoms with Crippen molar-refractivity contribution in [1.82, 2.24) is 10.6 Å². The monoisotopic (exact) mass is 353 g/mol. The first-order chi connectivity index (χ1) is 12.4. The second-order valence-electron chi connectivity index (χ2n) is 8.14. The van der Waals surface area contributed by atoms with E-state index in [1.54, 1.807) is 0 Å². The Bertz CT molecular complexity index is 242. The molecule has 3 nitrogen and oxygen atoms in total. The molecule has 0 aromatic rings. The van der Waals surface area contributed by atoms with Crippen LogP contribution in [0.5, 0.6) is 0 Å². The molecule has 150 valence electrons. The van der Waals surface area contributed by atoms with Crippen LogP contribution in [0.2, 0.25) is 0 Å². The van der Waals surface area contributed by atoms with Crippen LogP contribution in [-0.4, -0.2) is 32.7 Å². The fraction of sp³-hybridized carbons (Fsp3) is 1.00. The Labute approximate surface area is 158 Å². The lowest BCUT2D eigenvalue weighted by Gasteiger charge is -2.18. The van der Waals surface area contributed by atoms with Crippen LogP contribution < -0.4 is 16.4 Å². The van der Waals surface area contributed by atoms with Crippen molar-refractivity contribution >= 4 is 0 Å². The Morgan fingerprint density at radius 3 is 1.52 bits per heavy atom. The summed E-state index contributed by atoms with van der Waals surface area (Å²) in [6.07, 6.45) is 22.8. The third kappa shape index (κ3) is 15.8. The van der Waals surface area contributed by atoms with E-state index < -0.39 is 0 Å². The van der Waals surface area contributed by atoms with Gasteiger partial charge in [-0.1, -0.05) is 77.0 Å². The Kier molecular flexibility index (Phi) is 17.1. The molecule has 0 heterocycles. The predicted octanol–water partition coefficient (Wildman–Crippen LogP) is 5.00. The van der Waals surface area contributed by atoms with E-state index in [1.165, 1.54) is 103 Å². The second kappa shape index (κ2) is 18.7. The molecule has 4 N–H and O–H groups in total. The van der Waals surface area contributed by atoms with E-state index >= 15 is 0 Å². The molecule has 0 spiro atoms. The van der Waals surface area contributed by atoms with E-state index in [1.807, 2.05) is 0 Å². The molecule has 1 fully saturated rings. The Morgan fingerprint density at radius 2 is 1.00 bits per heavy atom. The van der Waals surface area contributed by atoms with Gasteiger partial charge in [-0.15, -0.1) is 0 Å². The maximum atomic E-state index is 5.51. The normalized spacial score (nSPS) is 20.0. The quantitative estimate of drug-likeness (QED) is 0.511. The molecule has 0 saturated heterocycles. The van der Waals surface area contributed by atoms with E-state index in [4.69, 9.17) is 5.73 Å². The van der Waals surface area contributed by atoms with Gasteiger partial charge in [0.1, 0.15) is 0 Å². The number of rotatable bonds is 9. The minimum Gasteiger partial charge on any atom is -0.330 e. The lowest BCUT2D eigenvalue weighted by atomic mass is 9.94. The average molecular weight is 354 g/mol. The fourth-order valence-corrected chi connectivity index (χ4v) is 3.98. The molecule has 0 aliphatic heterocycles. The highest BCUT2D eigenvalue weighted by Gasteiger charge is 2.08. The largest absolute Gasteiger partial charge is 0.330 e. The molecule has 1 saturated carbocycles. The minimum atomic E-state index is 0.799. The van der Waals surface area contributed by atoms with E-state index in [0.717, 1.165) is 38.5 Å². The zero-order valence-corrected chi connectivity index (χ0v) is 17.0. The van der Waals surface area contributed by atoms with Gasteiger partial charge in [0.2, 0.25) is 0 Å². The van der Waals surface area contributed by atoms with Crippen molar-refractivity contribution in [2.45, 2.75) is 103 Å². The maximum absolute atomic E-state index is 5.51. The third-order valence-corrected chi connectivity index (χ3v) is 5.67. The molecule has 0 unspecified atom stereocenters. The molecule has 0 amide bonds. The lowest BCUT2D eigenvalue weighted by molar-refractivity contribution is 0.381. The van der Waals surface area contributed by atoms with Gasteiger partial charge in [0.25, 0.3) is 0 Å². The smallest absolute Gasteiger partial charge is 0.00205 e. The highest BCUT2D eigenvalue weighted by Crippen LogP contribution is 2.20. The SMILES string of the molecule is NCCCNCCCNCC1CCCCCCCCCCCCCC1. The van der Waals surface area contributed by atoms with Crippen molar-refractivity contribution < 1.29 is 0 Å². The highest BCUT2D eigenvalue weighted by molar-refractivity contribution is 4.65. The zero-order chi connectivity index (χ0) is 17.8. The summed E-state index contributed by atoms with van der Waals surface area (Å²) in [5.41, 5.74) is 5.51. The van der Waals surface area contributed by atoms with E-state index in [-0.39, 0.29) is 0 Å². The van der Waals surface area contributed by atoms with Crippen molar-refractivity contribution in [3.8, 4) is 0 Å². The molecule has 1 rings (SSSR count). The van der Waals surface area contributed by atoms with Gasteiger partial charge in [-0.3, -0.25) is 0 Å². The molecule has 0 aromatic heterocycles. The Balaban J connectivity index is 2.10. The fourth-order valence-electron chi connectivity index (χ4n) is 3.98. The maximum Gasteiger partial charge on any atom is -0.00205 e. The minimum absolute atomic E-state index is 0.799. The molecular formula is C22H47N3. The molecule has 3 heteroatoms. The first kappa shape index (κ1) is 22.9. The molecule has 1 aliphatic carbocycles. The summed E-state index contributed by atoms with van der Waals surface area (Å²) in [6, 6.07) is 0. The summed E-state index contributed by atoms with van der Waals surface area (Å²) in [5.74, 6) is 0.912. The molecule has 1 aliphatic rings. The van der Waals surface area contributed by atoms with Gasteiger partial charge in [-0.05, 0) is 64.3 Å². The number of nitrogens with one attached hydrogen (secondary N) is 2. The average Bonchev–Trinajstić information content (AvgIpc) is 2.63. The van der Waals surface area contributed by atoms with Crippen LogP contribution in [-0.2, 0) is 0 Å². The predicted molar refractivity (Wildman–Crippen MR) is 112 cm³/mol. The molecule has 0 radical (unpaired) electrons. The standard InChI is InChI=1S/C22H47N3/c23-17-13-18-24-19-14-20-25-21-22-15-11-9-7-5-3-1-2-4-6-8-10-12-16-22/h22,24-25H,1-21,23H2. The Morgan fingerprint density at radius 1 is 0.560 bits per heavy atom. The van der Waals surface area contributed by atoms with Gasteiger partial charge in [-0.2, -0.15) is 0 Å². The number of hydrogen-bond acceptors (Lipinski definition) is 3. The third-order valence-electron chi connectivity index (χ3n) is 5.67. The van der Waals surface area contributed by atoms with Crippen LogP contribution in [0.3, 0.4) is 0 Å². The summed E-state index contributed by atoms with van der Waals surface area (Å²) in [5, 5.41) is 7.19. The lowest BCUT2D eigenvalue weighted by Crippen LogP contribution is -2.27. The van der Waals surface area contributed by atoms with Gasteiger partial charge >= 0.3 is 0 Å². The molecule has 25 heavy (non-hydrogen) atoms. The van der Waals surface area contributed by atoms with Crippen LogP contribution in [0.25, 0.3) is 0 Å². The number of hydrogen-bond donors (Lipinski definition) is 3. The van der Waals surface area contributed by atoms with Crippen molar-refractivity contribution in [1.29, 1.82) is 0 Å². The van der Waals surface area contributed by atoms with Crippen LogP contribution in [0, 0.1) is 5.92 Å². The van der Waals surface area contributed by atoms with Crippen molar-refractivity contribution in [3.63, 3.8) is 0 Å². The summed E-state index contributed by atoms with van der Waals surface area (Å²) in [6.45, 7) is 5.39. The molecule has 0 bridgehead atoms. The summed E-state index contributed by atoms with van der Waals surface area (Å²) in [7, 11) is 0. The highest BCUT2D eigenvalue weighted by atomic mass is 14.9. The van der Waals surface area contributed by atoms with Crippen LogP contribution in [0.1, 0.15) is 103 Å². The summed E-state index contributed by atoms with van der Waals surface area (Å²) < 4.78 is 0. The first-order valence-electron chi connectivity index (χ1n) is 11.5. The Hall–Kier alpha value is -0.120. The van der Waals surface area contributed by atoms with Gasteiger partial charge in [0, 0.05) is 0 Å². The zero-order valence-electron chi connectivity index (χ0n) is 17.0. The van der Waals surface area contributed by atoms with Crippen LogP contribution in [0.4, 0.5) is 0 Å². The van der Waals surface area contributed by atoms with Gasteiger partial charge in [0.15, 0.2) is 0 Å². The van der Waals surface area contributed by atoms with Crippen LogP contribution in [0.15, 0.2) is 0 Å². The van der Waals surface area contributed by atoms with Crippen LogP contribution >= 0.6 is 0 Å². The summed E-state index contributed by atoms with van der Waals surface area (Å²) >= 11 is 0. The van der Waals surface area contributed by atoms with Gasteiger partial charge in [-0.25, -0.2) is 0 Å². The number of nitrogens with two attached hydrogens (primary N) is 1. The topological polar surface area (TPSA) is 50.1 Å². The van der Waals surface area contributed by atoms with Gasteiger partial charge < -0.3 is 16.4 Å². The van der Waals surface area contributed by atoms with E-state index in [9.17, 15) is 0 Å².